The molecule has 0 N–H and O–H groups in total. The fraction of sp³-hybridized carbons (Fsp3) is 0.500. The molecule has 0 bridgehead atoms. The Morgan fingerprint density at radius 2 is 2.03 bits per heavy atom. The average Bonchev–Trinajstić information content (AvgIpc) is 3.37. The highest BCUT2D eigenvalue weighted by molar-refractivity contribution is 5.82. The van der Waals surface area contributed by atoms with E-state index in [0.717, 1.165) is 24.9 Å². The average molecular weight is 460 g/mol. The largest absolute Gasteiger partial charge is 0.372 e. The summed E-state index contributed by atoms with van der Waals surface area (Å²) in [6.45, 7) is 3.38. The lowest BCUT2D eigenvalue weighted by Crippen LogP contribution is -2.66. The van der Waals surface area contributed by atoms with E-state index in [1.165, 1.54) is 67.9 Å². The number of hydrogen-bond acceptors (Lipinski definition) is 5. The minimum atomic E-state index is -0.171. The molecule has 1 aliphatic heterocycles. The Morgan fingerprint density at radius 1 is 1.18 bits per heavy atom. The zero-order valence-electron chi connectivity index (χ0n) is 19.6. The van der Waals surface area contributed by atoms with Crippen molar-refractivity contribution in [3.05, 3.63) is 54.4 Å². The third kappa shape index (κ3) is 3.38. The van der Waals surface area contributed by atoms with Gasteiger partial charge in [0, 0.05) is 43.4 Å². The van der Waals surface area contributed by atoms with Gasteiger partial charge in [0.25, 0.3) is 0 Å². The van der Waals surface area contributed by atoms with E-state index in [0.29, 0.717) is 23.1 Å². The Balaban J connectivity index is 0.915. The third-order valence-electron chi connectivity index (χ3n) is 8.27. The molecule has 0 unspecified atom stereocenters. The quantitative estimate of drug-likeness (QED) is 0.417. The zero-order valence-corrected chi connectivity index (χ0v) is 19.6. The number of anilines is 1. The van der Waals surface area contributed by atoms with Gasteiger partial charge in [0.05, 0.1) is 17.8 Å². The van der Waals surface area contributed by atoms with Gasteiger partial charge < -0.3 is 9.80 Å². The van der Waals surface area contributed by atoms with Crippen molar-refractivity contribution < 1.29 is 4.39 Å². The second kappa shape index (κ2) is 7.50. The summed E-state index contributed by atoms with van der Waals surface area (Å²) in [6.07, 6.45) is 11.8. The molecule has 1 saturated heterocycles. The molecule has 1 aromatic carbocycles. The molecule has 7 nitrogen and oxygen atoms in total. The molecule has 34 heavy (non-hydrogen) atoms. The van der Waals surface area contributed by atoms with Gasteiger partial charge >= 0.3 is 0 Å². The van der Waals surface area contributed by atoms with Crippen LogP contribution in [0.15, 0.2) is 43.0 Å². The summed E-state index contributed by atoms with van der Waals surface area (Å²) in [5.74, 6) is -0.171. The number of rotatable bonds is 7. The number of aromatic nitrogens is 5. The van der Waals surface area contributed by atoms with Gasteiger partial charge in [0.15, 0.2) is 5.65 Å². The second-order valence-corrected chi connectivity index (χ2v) is 10.8. The van der Waals surface area contributed by atoms with Crippen LogP contribution in [-0.2, 0) is 6.42 Å². The lowest BCUT2D eigenvalue weighted by atomic mass is 9.60. The molecule has 2 aliphatic carbocycles. The van der Waals surface area contributed by atoms with Crippen LogP contribution in [0.2, 0.25) is 0 Å². The van der Waals surface area contributed by atoms with Gasteiger partial charge in [0.2, 0.25) is 0 Å². The Morgan fingerprint density at radius 3 is 2.85 bits per heavy atom. The van der Waals surface area contributed by atoms with E-state index in [9.17, 15) is 4.39 Å². The van der Waals surface area contributed by atoms with Crippen molar-refractivity contribution in [1.29, 1.82) is 0 Å². The first-order chi connectivity index (χ1) is 16.6. The van der Waals surface area contributed by atoms with Crippen LogP contribution < -0.4 is 4.90 Å². The van der Waals surface area contributed by atoms with Crippen LogP contribution in [0, 0.1) is 11.2 Å². The maximum atomic E-state index is 14.3. The van der Waals surface area contributed by atoms with Gasteiger partial charge in [-0.3, -0.25) is 9.08 Å². The summed E-state index contributed by atoms with van der Waals surface area (Å²) in [6, 6.07) is 9.83. The summed E-state index contributed by atoms with van der Waals surface area (Å²) in [7, 11) is 2.24. The first kappa shape index (κ1) is 20.4. The van der Waals surface area contributed by atoms with Crippen LogP contribution in [0.1, 0.15) is 43.7 Å². The number of aryl methyl sites for hydroxylation is 1. The summed E-state index contributed by atoms with van der Waals surface area (Å²) in [4.78, 5) is 5.00. The van der Waals surface area contributed by atoms with Crippen molar-refractivity contribution in [3.63, 3.8) is 0 Å². The fourth-order valence-corrected chi connectivity index (χ4v) is 6.17. The third-order valence-corrected chi connectivity index (χ3v) is 8.27. The molecule has 0 amide bonds. The molecule has 3 fully saturated rings. The lowest BCUT2D eigenvalue weighted by Gasteiger charge is -2.61. The molecule has 8 heteroatoms. The second-order valence-electron chi connectivity index (χ2n) is 10.8. The molecular formula is C26H30FN7. The minimum Gasteiger partial charge on any atom is -0.372 e. The van der Waals surface area contributed by atoms with Crippen LogP contribution >= 0.6 is 0 Å². The molecule has 0 atom stereocenters. The van der Waals surface area contributed by atoms with E-state index >= 15 is 0 Å². The monoisotopic (exact) mass is 459 g/mol. The predicted octanol–water partition coefficient (Wildman–Crippen LogP) is 4.09. The van der Waals surface area contributed by atoms with Crippen molar-refractivity contribution in [1.82, 2.24) is 29.3 Å². The van der Waals surface area contributed by atoms with Crippen molar-refractivity contribution >= 4 is 22.2 Å². The molecule has 3 aliphatic rings. The van der Waals surface area contributed by atoms with Gasteiger partial charge in [-0.25, -0.2) is 4.39 Å². The number of likely N-dealkylation sites (tertiary alicyclic amines) is 1. The highest BCUT2D eigenvalue weighted by Gasteiger charge is 2.53. The Hall–Kier alpha value is -3.00. The Kier molecular flexibility index (Phi) is 4.50. The van der Waals surface area contributed by atoms with Crippen LogP contribution in [0.25, 0.3) is 16.6 Å². The zero-order chi connectivity index (χ0) is 22.9. The van der Waals surface area contributed by atoms with E-state index in [1.54, 1.807) is 4.40 Å². The highest BCUT2D eigenvalue weighted by atomic mass is 19.1. The minimum absolute atomic E-state index is 0.171. The van der Waals surface area contributed by atoms with E-state index in [4.69, 9.17) is 0 Å². The van der Waals surface area contributed by atoms with E-state index < -0.39 is 0 Å². The Labute approximate surface area is 198 Å². The first-order valence-corrected chi connectivity index (χ1v) is 12.5. The molecule has 0 radical (unpaired) electrons. The van der Waals surface area contributed by atoms with E-state index in [-0.39, 0.29) is 5.82 Å². The number of hydrogen-bond donors (Lipinski definition) is 0. The molecular weight excluding hydrogens is 429 g/mol. The number of benzene rings is 1. The smallest absolute Gasteiger partial charge is 0.161 e. The molecule has 176 valence electrons. The maximum absolute atomic E-state index is 14.3. The topological polar surface area (TPSA) is 54.5 Å². The predicted molar refractivity (Wildman–Crippen MR) is 130 cm³/mol. The number of halogens is 1. The van der Waals surface area contributed by atoms with Crippen LogP contribution in [-0.4, -0.2) is 62.0 Å². The highest BCUT2D eigenvalue weighted by Crippen LogP contribution is 2.50. The molecule has 1 spiro atoms. The normalized spacial score (nSPS) is 20.2. The van der Waals surface area contributed by atoms with Gasteiger partial charge in [0.1, 0.15) is 12.1 Å². The molecule has 7 rings (SSSR count). The first-order valence-electron chi connectivity index (χ1n) is 12.5. The van der Waals surface area contributed by atoms with Crippen molar-refractivity contribution in [2.24, 2.45) is 5.41 Å². The van der Waals surface area contributed by atoms with Gasteiger partial charge in [-0.2, -0.15) is 5.10 Å². The van der Waals surface area contributed by atoms with Gasteiger partial charge in [-0.15, -0.1) is 10.2 Å². The number of nitrogens with zero attached hydrogens (tertiary/aromatic N) is 7. The van der Waals surface area contributed by atoms with Crippen LogP contribution in [0.4, 0.5) is 10.1 Å². The van der Waals surface area contributed by atoms with E-state index in [2.05, 4.69) is 55.0 Å². The lowest BCUT2D eigenvalue weighted by molar-refractivity contribution is -0.0715. The van der Waals surface area contributed by atoms with Crippen molar-refractivity contribution in [2.75, 3.05) is 31.6 Å². The molecule has 3 aromatic heterocycles. The van der Waals surface area contributed by atoms with Crippen molar-refractivity contribution in [3.8, 4) is 0 Å². The van der Waals surface area contributed by atoms with Gasteiger partial charge in [-0.05, 0) is 80.3 Å². The number of pyridine rings is 1. The SMILES string of the molecule is CN(c1ccc2cnn(C3CC3)c2c1)C1CC2(C1)CN(CCCc1cc3nncn3cc1F)C2. The summed E-state index contributed by atoms with van der Waals surface area (Å²) in [5, 5.41) is 13.7. The van der Waals surface area contributed by atoms with Crippen LogP contribution in [0.3, 0.4) is 0 Å². The number of fused-ring (bicyclic) bond motifs is 2. The molecule has 4 aromatic rings. The van der Waals surface area contributed by atoms with Crippen LogP contribution in [0.5, 0.6) is 0 Å². The summed E-state index contributed by atoms with van der Waals surface area (Å²) in [5.41, 5.74) is 4.51. The molecule has 2 saturated carbocycles. The van der Waals surface area contributed by atoms with Crippen molar-refractivity contribution in [2.45, 2.75) is 50.6 Å². The van der Waals surface area contributed by atoms with Gasteiger partial charge in [-0.1, -0.05) is 0 Å². The summed E-state index contributed by atoms with van der Waals surface area (Å²) >= 11 is 0. The fourth-order valence-electron chi connectivity index (χ4n) is 6.17. The summed E-state index contributed by atoms with van der Waals surface area (Å²) < 4.78 is 18.1. The Bertz CT molecular complexity index is 1360. The molecule has 4 heterocycles. The maximum Gasteiger partial charge on any atom is 0.161 e. The standard InChI is InChI=1S/C26H30FN7/c1-31(21-5-4-19-13-29-34(20-6-7-20)24(19)10-21)22-11-26(12-22)15-32(16-26)8-2-3-18-9-25-30-28-17-33(25)14-23(18)27/h4-5,9-10,13-14,17,20,22H,2-3,6-8,11-12,15-16H2,1H3. The van der Waals surface area contributed by atoms with E-state index in [1.807, 2.05) is 12.3 Å².